The minimum atomic E-state index is 1.20. The van der Waals surface area contributed by atoms with Crippen LogP contribution in [0.3, 0.4) is 0 Å². The molecule has 4 heteroatoms. The van der Waals surface area contributed by atoms with Gasteiger partial charge in [-0.3, -0.25) is 0 Å². The maximum absolute atomic E-state index is 2.86. The standard InChI is InChI=1S/C45H99N4/c1-10-13-16-19-22-25-28-31-40-47(4,5)43-34-37-46(38-35-44-48(6,7)41-32-29-26-23-20-17-14-11-2)39-36-45-49(8,9)42-33-30-27-24-21-18-15-12-3/h10-45H2,1-9H3/q+3. The first kappa shape index (κ1) is 48.8. The quantitative estimate of drug-likeness (QED) is 0.0457. The molecule has 0 aliphatic heterocycles. The van der Waals surface area contributed by atoms with Crippen LogP contribution in [0.25, 0.3) is 0 Å². The molecule has 0 aliphatic rings. The first-order valence-corrected chi connectivity index (χ1v) is 22.7. The van der Waals surface area contributed by atoms with Crippen LogP contribution in [-0.2, 0) is 0 Å². The van der Waals surface area contributed by atoms with E-state index >= 15 is 0 Å². The molecule has 0 aliphatic carbocycles. The van der Waals surface area contributed by atoms with Crippen molar-refractivity contribution in [3.05, 3.63) is 0 Å². The van der Waals surface area contributed by atoms with E-state index in [1.807, 2.05) is 0 Å². The molecule has 0 saturated carbocycles. The Labute approximate surface area is 312 Å². The van der Waals surface area contributed by atoms with E-state index in [1.165, 1.54) is 246 Å². The molecule has 0 rings (SSSR count). The largest absolute Gasteiger partial charge is 0.328 e. The fourth-order valence-electron chi connectivity index (χ4n) is 7.86. The summed E-state index contributed by atoms with van der Waals surface area (Å²) in [6.45, 7) is 18.8. The molecule has 0 unspecified atom stereocenters. The summed E-state index contributed by atoms with van der Waals surface area (Å²) in [5.41, 5.74) is 0. The fraction of sp³-hybridized carbons (Fsp3) is 1.00. The van der Waals surface area contributed by atoms with E-state index in [4.69, 9.17) is 0 Å². The Morgan fingerprint density at radius 1 is 0.245 bits per heavy atom. The molecule has 0 saturated heterocycles. The molecule has 0 aromatic rings. The highest BCUT2D eigenvalue weighted by molar-refractivity contribution is 4.60. The van der Waals surface area contributed by atoms with Gasteiger partial charge in [-0.05, 0) is 38.5 Å². The first-order chi connectivity index (χ1) is 23.5. The zero-order valence-corrected chi connectivity index (χ0v) is 36.2. The Kier molecular flexibility index (Phi) is 32.4. The number of unbranched alkanes of at least 4 members (excludes halogenated alkanes) is 21. The van der Waals surface area contributed by atoms with Crippen LogP contribution in [0, 0.1) is 0 Å². The number of quaternary nitrogens is 3. The summed E-state index contributed by atoms with van der Waals surface area (Å²) in [5.74, 6) is 0. The third-order valence-electron chi connectivity index (χ3n) is 11.6. The SMILES string of the molecule is CCCCCCCCCC[N+](C)(C)CCCN(CCC[N+](C)(C)CCCCCCCCCC)CCC[N+](C)(C)CCCCCCCCCC. The smallest absolute Gasteiger partial charge is 0.0794 e. The monoisotopic (exact) mass is 696 g/mol. The van der Waals surface area contributed by atoms with E-state index in [2.05, 4.69) is 68.0 Å². The Balaban J connectivity index is 4.64. The van der Waals surface area contributed by atoms with Gasteiger partial charge in [-0.2, -0.15) is 0 Å². The number of nitrogens with zero attached hydrogens (tertiary/aromatic N) is 4. The van der Waals surface area contributed by atoms with Gasteiger partial charge in [-0.25, -0.2) is 0 Å². The lowest BCUT2D eigenvalue weighted by Gasteiger charge is -2.34. The van der Waals surface area contributed by atoms with Gasteiger partial charge in [0.25, 0.3) is 0 Å². The molecule has 0 aromatic heterocycles. The second-order valence-electron chi connectivity index (χ2n) is 18.5. The van der Waals surface area contributed by atoms with Crippen molar-refractivity contribution >= 4 is 0 Å². The molecular weight excluding hydrogens is 597 g/mol. The predicted octanol–water partition coefficient (Wildman–Crippen LogP) is 12.1. The number of hydrogen-bond acceptors (Lipinski definition) is 1. The lowest BCUT2D eigenvalue weighted by atomic mass is 10.1. The molecule has 0 aromatic carbocycles. The number of rotatable bonds is 39. The van der Waals surface area contributed by atoms with Crippen molar-refractivity contribution in [1.82, 2.24) is 4.90 Å². The summed E-state index contributed by atoms with van der Waals surface area (Å²) in [6, 6.07) is 0. The van der Waals surface area contributed by atoms with Gasteiger partial charge in [-0.1, -0.05) is 136 Å². The zero-order valence-electron chi connectivity index (χ0n) is 36.2. The van der Waals surface area contributed by atoms with Crippen molar-refractivity contribution in [2.75, 3.05) is 101 Å². The van der Waals surface area contributed by atoms with Gasteiger partial charge in [0.15, 0.2) is 0 Å². The van der Waals surface area contributed by atoms with Gasteiger partial charge < -0.3 is 18.3 Å². The molecule has 0 spiro atoms. The highest BCUT2D eigenvalue weighted by atomic mass is 15.3. The Bertz CT molecular complexity index is 583. The van der Waals surface area contributed by atoms with Crippen molar-refractivity contribution in [2.24, 2.45) is 0 Å². The average Bonchev–Trinajstić information content (AvgIpc) is 3.04. The Hall–Kier alpha value is -0.160. The van der Waals surface area contributed by atoms with Gasteiger partial charge in [-0.15, -0.1) is 0 Å². The normalized spacial score (nSPS) is 12.9. The minimum absolute atomic E-state index is 1.20. The summed E-state index contributed by atoms with van der Waals surface area (Å²) >= 11 is 0. The molecule has 0 atom stereocenters. The Morgan fingerprint density at radius 3 is 0.653 bits per heavy atom. The van der Waals surface area contributed by atoms with Crippen LogP contribution in [-0.4, -0.2) is 120 Å². The van der Waals surface area contributed by atoms with E-state index < -0.39 is 0 Å². The van der Waals surface area contributed by atoms with Crippen LogP contribution >= 0.6 is 0 Å². The van der Waals surface area contributed by atoms with Gasteiger partial charge in [0.05, 0.1) is 81.6 Å². The summed E-state index contributed by atoms with van der Waals surface area (Å²) in [6.07, 6.45) is 38.3. The van der Waals surface area contributed by atoms with Gasteiger partial charge >= 0.3 is 0 Å². The van der Waals surface area contributed by atoms with Gasteiger partial charge in [0, 0.05) is 38.9 Å². The second kappa shape index (κ2) is 32.5. The molecular formula is C45H99N4+3. The van der Waals surface area contributed by atoms with Crippen molar-refractivity contribution < 1.29 is 13.4 Å². The maximum Gasteiger partial charge on any atom is 0.0794 e. The van der Waals surface area contributed by atoms with E-state index in [9.17, 15) is 0 Å². The van der Waals surface area contributed by atoms with E-state index in [-0.39, 0.29) is 0 Å². The summed E-state index contributed by atoms with van der Waals surface area (Å²) < 4.78 is 3.61. The molecule has 0 radical (unpaired) electrons. The zero-order chi connectivity index (χ0) is 36.5. The minimum Gasteiger partial charge on any atom is -0.328 e. The van der Waals surface area contributed by atoms with Crippen molar-refractivity contribution in [3.8, 4) is 0 Å². The number of hydrogen-bond donors (Lipinski definition) is 0. The van der Waals surface area contributed by atoms with Crippen molar-refractivity contribution in [1.29, 1.82) is 0 Å². The summed E-state index contributed by atoms with van der Waals surface area (Å²) in [5, 5.41) is 0. The maximum atomic E-state index is 2.86. The van der Waals surface area contributed by atoms with E-state index in [0.717, 1.165) is 0 Å². The van der Waals surface area contributed by atoms with Gasteiger partial charge in [0.1, 0.15) is 0 Å². The highest BCUT2D eigenvalue weighted by Crippen LogP contribution is 2.14. The highest BCUT2D eigenvalue weighted by Gasteiger charge is 2.19. The second-order valence-corrected chi connectivity index (χ2v) is 18.5. The van der Waals surface area contributed by atoms with Crippen molar-refractivity contribution in [3.63, 3.8) is 0 Å². The summed E-state index contributed by atoms with van der Waals surface area (Å²) in [7, 11) is 14.9. The lowest BCUT2D eigenvalue weighted by molar-refractivity contribution is -0.891. The first-order valence-electron chi connectivity index (χ1n) is 22.7. The average molecular weight is 696 g/mol. The molecule has 0 heterocycles. The van der Waals surface area contributed by atoms with Crippen LogP contribution in [0.15, 0.2) is 0 Å². The molecule has 4 nitrogen and oxygen atoms in total. The van der Waals surface area contributed by atoms with Crippen LogP contribution in [0.1, 0.15) is 194 Å². The molecule has 0 bridgehead atoms. The van der Waals surface area contributed by atoms with E-state index in [1.54, 1.807) is 0 Å². The Morgan fingerprint density at radius 2 is 0.429 bits per heavy atom. The van der Waals surface area contributed by atoms with E-state index in [0.29, 0.717) is 0 Å². The molecule has 0 amide bonds. The topological polar surface area (TPSA) is 3.24 Å². The molecule has 0 N–H and O–H groups in total. The van der Waals surface area contributed by atoms with Crippen molar-refractivity contribution in [2.45, 2.75) is 194 Å². The fourth-order valence-corrected chi connectivity index (χ4v) is 7.86. The molecule has 49 heavy (non-hydrogen) atoms. The van der Waals surface area contributed by atoms with Crippen LogP contribution in [0.4, 0.5) is 0 Å². The lowest BCUT2D eigenvalue weighted by Crippen LogP contribution is -2.45. The van der Waals surface area contributed by atoms with Crippen LogP contribution < -0.4 is 0 Å². The third kappa shape index (κ3) is 34.7. The van der Waals surface area contributed by atoms with Crippen LogP contribution in [0.5, 0.6) is 0 Å². The van der Waals surface area contributed by atoms with Crippen LogP contribution in [0.2, 0.25) is 0 Å². The third-order valence-corrected chi connectivity index (χ3v) is 11.6. The molecule has 296 valence electrons. The predicted molar refractivity (Wildman–Crippen MR) is 224 cm³/mol. The summed E-state index contributed by atoms with van der Waals surface area (Å²) in [4.78, 5) is 2.86. The molecule has 0 fully saturated rings. The van der Waals surface area contributed by atoms with Gasteiger partial charge in [0.2, 0.25) is 0 Å².